The maximum absolute atomic E-state index is 12.5. The fourth-order valence-corrected chi connectivity index (χ4v) is 4.58. The largest absolute Gasteiger partial charge is 0.490 e. The van der Waals surface area contributed by atoms with Crippen LogP contribution in [-0.2, 0) is 14.8 Å². The summed E-state index contributed by atoms with van der Waals surface area (Å²) in [6.45, 7) is 1.27. The molecule has 0 amide bonds. The Morgan fingerprint density at radius 3 is 2.40 bits per heavy atom. The number of ether oxygens (including phenoxy) is 2. The van der Waals surface area contributed by atoms with Gasteiger partial charge in [-0.3, -0.25) is 0 Å². The first kappa shape index (κ1) is 18.6. The first-order valence-electron chi connectivity index (χ1n) is 8.98. The van der Waals surface area contributed by atoms with Gasteiger partial charge in [0.05, 0.1) is 17.6 Å². The molecule has 0 aromatic heterocycles. The van der Waals surface area contributed by atoms with E-state index in [1.807, 2.05) is 0 Å². The van der Waals surface area contributed by atoms with E-state index in [4.69, 9.17) is 9.47 Å². The van der Waals surface area contributed by atoms with Crippen LogP contribution in [0.2, 0.25) is 0 Å². The van der Waals surface area contributed by atoms with Crippen LogP contribution in [0.15, 0.2) is 29.2 Å². The van der Waals surface area contributed by atoms with Crippen LogP contribution in [0.5, 0.6) is 5.75 Å². The van der Waals surface area contributed by atoms with Crippen LogP contribution in [0.25, 0.3) is 0 Å². The van der Waals surface area contributed by atoms with Crippen molar-refractivity contribution in [3.8, 4) is 5.75 Å². The number of aliphatic hydroxyl groups is 1. The van der Waals surface area contributed by atoms with Crippen molar-refractivity contribution >= 4 is 10.0 Å². The van der Waals surface area contributed by atoms with Crippen molar-refractivity contribution in [1.82, 2.24) is 4.72 Å². The molecule has 0 atom stereocenters. The molecule has 2 aliphatic rings. The molecule has 0 bridgehead atoms. The summed E-state index contributed by atoms with van der Waals surface area (Å²) in [4.78, 5) is 0.214. The van der Waals surface area contributed by atoms with E-state index in [9.17, 15) is 13.5 Å². The van der Waals surface area contributed by atoms with Crippen LogP contribution in [0.1, 0.15) is 38.5 Å². The van der Waals surface area contributed by atoms with Gasteiger partial charge in [-0.15, -0.1) is 0 Å². The van der Waals surface area contributed by atoms with Gasteiger partial charge in [0.1, 0.15) is 5.75 Å². The molecule has 1 aromatic carbocycles. The average molecular weight is 369 g/mol. The highest BCUT2D eigenvalue weighted by Crippen LogP contribution is 2.30. The summed E-state index contributed by atoms with van der Waals surface area (Å²) in [6.07, 6.45) is 6.07. The Balaban J connectivity index is 1.61. The smallest absolute Gasteiger partial charge is 0.240 e. The van der Waals surface area contributed by atoms with Crippen molar-refractivity contribution in [3.05, 3.63) is 24.3 Å². The van der Waals surface area contributed by atoms with E-state index >= 15 is 0 Å². The summed E-state index contributed by atoms with van der Waals surface area (Å²) in [7, 11) is -3.61. The Hall–Kier alpha value is -1.15. The Morgan fingerprint density at radius 2 is 1.80 bits per heavy atom. The summed E-state index contributed by atoms with van der Waals surface area (Å²) >= 11 is 0. The van der Waals surface area contributed by atoms with Crippen LogP contribution >= 0.6 is 0 Å². The number of aliphatic hydroxyl groups excluding tert-OH is 1. The molecule has 1 aliphatic heterocycles. The van der Waals surface area contributed by atoms with Crippen LogP contribution in [0.3, 0.4) is 0 Å². The SMILES string of the molecule is O=S(=O)(NCC1(CO)CCOCC1)c1ccc(OC2CCCC2)cc1. The lowest BCUT2D eigenvalue weighted by atomic mass is 9.81. The lowest BCUT2D eigenvalue weighted by molar-refractivity contribution is -0.0126. The van der Waals surface area contributed by atoms with Crippen LogP contribution < -0.4 is 9.46 Å². The molecule has 1 saturated heterocycles. The van der Waals surface area contributed by atoms with Crippen molar-refractivity contribution in [2.24, 2.45) is 5.41 Å². The van der Waals surface area contributed by atoms with Gasteiger partial charge in [-0.25, -0.2) is 13.1 Å². The third-order valence-electron chi connectivity index (χ3n) is 5.27. The predicted molar refractivity (Wildman–Crippen MR) is 94.1 cm³/mol. The second-order valence-electron chi connectivity index (χ2n) is 7.09. The Bertz CT molecular complexity index is 647. The highest BCUT2D eigenvalue weighted by Gasteiger charge is 2.33. The molecule has 3 rings (SSSR count). The molecular weight excluding hydrogens is 342 g/mol. The van der Waals surface area contributed by atoms with E-state index in [2.05, 4.69) is 4.72 Å². The Labute approximate surface area is 149 Å². The normalized spacial score (nSPS) is 21.3. The molecule has 25 heavy (non-hydrogen) atoms. The molecule has 6 nitrogen and oxygen atoms in total. The van der Waals surface area contributed by atoms with Gasteiger partial charge in [-0.2, -0.15) is 0 Å². The average Bonchev–Trinajstić information content (AvgIpc) is 3.14. The maximum atomic E-state index is 12.5. The van der Waals surface area contributed by atoms with Crippen molar-refractivity contribution in [1.29, 1.82) is 0 Å². The van der Waals surface area contributed by atoms with Crippen LogP contribution in [0, 0.1) is 5.41 Å². The summed E-state index contributed by atoms with van der Waals surface area (Å²) in [5.74, 6) is 0.710. The molecular formula is C18H27NO5S. The second-order valence-corrected chi connectivity index (χ2v) is 8.86. The third kappa shape index (κ3) is 4.73. The van der Waals surface area contributed by atoms with E-state index in [1.165, 1.54) is 12.8 Å². The molecule has 2 fully saturated rings. The molecule has 2 N–H and O–H groups in total. The number of nitrogens with one attached hydrogen (secondary N) is 1. The predicted octanol–water partition coefficient (Wildman–Crippen LogP) is 2.08. The lowest BCUT2D eigenvalue weighted by Gasteiger charge is -2.35. The molecule has 0 spiro atoms. The van der Waals surface area contributed by atoms with Gasteiger partial charge >= 0.3 is 0 Å². The zero-order valence-electron chi connectivity index (χ0n) is 14.4. The second kappa shape index (κ2) is 8.03. The summed E-state index contributed by atoms with van der Waals surface area (Å²) in [5, 5.41) is 9.67. The monoisotopic (exact) mass is 369 g/mol. The van der Waals surface area contributed by atoms with Crippen molar-refractivity contribution in [2.45, 2.75) is 49.5 Å². The summed E-state index contributed by atoms with van der Waals surface area (Å²) < 4.78 is 38.9. The number of sulfonamides is 1. The van der Waals surface area contributed by atoms with Crippen molar-refractivity contribution in [3.63, 3.8) is 0 Å². The minimum absolute atomic E-state index is 0.0486. The Morgan fingerprint density at radius 1 is 1.16 bits per heavy atom. The van der Waals surface area contributed by atoms with Gasteiger partial charge in [0.25, 0.3) is 0 Å². The fraction of sp³-hybridized carbons (Fsp3) is 0.667. The molecule has 1 aliphatic carbocycles. The summed E-state index contributed by atoms with van der Waals surface area (Å²) in [5.41, 5.74) is -0.434. The topological polar surface area (TPSA) is 84.9 Å². The molecule has 140 valence electrons. The quantitative estimate of drug-likeness (QED) is 0.769. The van der Waals surface area contributed by atoms with Crippen LogP contribution in [0.4, 0.5) is 0 Å². The number of benzene rings is 1. The van der Waals surface area contributed by atoms with Crippen molar-refractivity contribution in [2.75, 3.05) is 26.4 Å². The zero-order valence-corrected chi connectivity index (χ0v) is 15.3. The zero-order chi connectivity index (χ0) is 17.8. The summed E-state index contributed by atoms with van der Waals surface area (Å²) in [6, 6.07) is 6.57. The fourth-order valence-electron chi connectivity index (χ4n) is 3.42. The van der Waals surface area contributed by atoms with Gasteiger partial charge in [0.2, 0.25) is 10.0 Å². The number of hydrogen-bond acceptors (Lipinski definition) is 5. The van der Waals surface area contributed by atoms with Crippen molar-refractivity contribution < 1.29 is 23.0 Å². The van der Waals surface area contributed by atoms with E-state index < -0.39 is 15.4 Å². The molecule has 1 aromatic rings. The standard InChI is InChI=1S/C18H27NO5S/c20-14-18(9-11-23-12-10-18)13-19-25(21,22)17-7-5-16(6-8-17)24-15-3-1-2-4-15/h5-8,15,19-20H,1-4,9-14H2. The maximum Gasteiger partial charge on any atom is 0.240 e. The molecule has 1 saturated carbocycles. The highest BCUT2D eigenvalue weighted by atomic mass is 32.2. The molecule has 0 radical (unpaired) electrons. The van der Waals surface area contributed by atoms with Gasteiger partial charge in [-0.1, -0.05) is 0 Å². The van der Waals surface area contributed by atoms with Gasteiger partial charge in [0.15, 0.2) is 0 Å². The first-order valence-corrected chi connectivity index (χ1v) is 10.5. The van der Waals surface area contributed by atoms with Gasteiger partial charge in [0, 0.05) is 25.2 Å². The minimum atomic E-state index is -3.61. The highest BCUT2D eigenvalue weighted by molar-refractivity contribution is 7.89. The third-order valence-corrected chi connectivity index (χ3v) is 6.68. The first-order chi connectivity index (χ1) is 12.0. The molecule has 1 heterocycles. The van der Waals surface area contributed by atoms with E-state index in [0.717, 1.165) is 12.8 Å². The number of hydrogen-bond donors (Lipinski definition) is 2. The van der Waals surface area contributed by atoms with E-state index in [-0.39, 0.29) is 24.2 Å². The molecule has 7 heteroatoms. The Kier molecular flexibility index (Phi) is 5.99. The van der Waals surface area contributed by atoms with E-state index in [1.54, 1.807) is 24.3 Å². The minimum Gasteiger partial charge on any atom is -0.490 e. The molecule has 0 unspecified atom stereocenters. The van der Waals surface area contributed by atoms with Gasteiger partial charge < -0.3 is 14.6 Å². The van der Waals surface area contributed by atoms with E-state index in [0.29, 0.717) is 31.8 Å². The number of rotatable bonds is 7. The lowest BCUT2D eigenvalue weighted by Crippen LogP contribution is -2.43. The van der Waals surface area contributed by atoms with Gasteiger partial charge in [-0.05, 0) is 62.8 Å². The van der Waals surface area contributed by atoms with Crippen LogP contribution in [-0.4, -0.2) is 46.0 Å².